The number of aryl methyl sites for hydroxylation is 1. The van der Waals surface area contributed by atoms with Gasteiger partial charge >= 0.3 is 0 Å². The highest BCUT2D eigenvalue weighted by Crippen LogP contribution is 2.30. The molecule has 0 radical (unpaired) electrons. The Hall–Kier alpha value is -2.70. The average molecular weight is 340 g/mol. The van der Waals surface area contributed by atoms with Gasteiger partial charge in [0.05, 0.1) is 5.54 Å². The maximum atomic E-state index is 12.4. The van der Waals surface area contributed by atoms with Gasteiger partial charge in [0.25, 0.3) is 0 Å². The van der Waals surface area contributed by atoms with Crippen LogP contribution >= 0.6 is 0 Å². The summed E-state index contributed by atoms with van der Waals surface area (Å²) in [6, 6.07) is 9.59. The van der Waals surface area contributed by atoms with E-state index in [9.17, 15) is 9.59 Å². The number of hydrogen-bond acceptors (Lipinski definition) is 5. The molecule has 1 atom stereocenters. The molecule has 1 aromatic carbocycles. The molecule has 130 valence electrons. The Morgan fingerprint density at radius 1 is 1.28 bits per heavy atom. The molecule has 4 rings (SSSR count). The Morgan fingerprint density at radius 3 is 2.88 bits per heavy atom. The van der Waals surface area contributed by atoms with E-state index in [1.807, 2.05) is 35.2 Å². The molecule has 1 unspecified atom stereocenters. The van der Waals surface area contributed by atoms with E-state index in [1.165, 1.54) is 0 Å². The zero-order chi connectivity index (χ0) is 17.3. The average Bonchev–Trinajstić information content (AvgIpc) is 3.35. The second-order valence-corrected chi connectivity index (χ2v) is 6.77. The van der Waals surface area contributed by atoms with Gasteiger partial charge in [-0.25, -0.2) is 0 Å². The third kappa shape index (κ3) is 3.26. The Labute approximate surface area is 145 Å². The molecule has 7 heteroatoms. The summed E-state index contributed by atoms with van der Waals surface area (Å²) in [7, 11) is 0. The molecule has 2 aromatic rings. The van der Waals surface area contributed by atoms with Crippen molar-refractivity contribution < 1.29 is 14.1 Å². The van der Waals surface area contributed by atoms with E-state index < -0.39 is 0 Å². The van der Waals surface area contributed by atoms with E-state index in [0.717, 1.165) is 18.4 Å². The van der Waals surface area contributed by atoms with Crippen LogP contribution in [0.25, 0.3) is 11.4 Å². The number of rotatable bonds is 4. The first-order valence-corrected chi connectivity index (χ1v) is 8.60. The quantitative estimate of drug-likeness (QED) is 0.912. The predicted octanol–water partition coefficient (Wildman–Crippen LogP) is 1.55. The SMILES string of the molecule is O=C1CCC2(CCN(C(=O)CCc3nc(-c4ccccc4)no3)C2)N1. The number of hydrogen-bond donors (Lipinski definition) is 1. The summed E-state index contributed by atoms with van der Waals surface area (Å²) in [5.74, 6) is 1.17. The van der Waals surface area contributed by atoms with Gasteiger partial charge in [-0.05, 0) is 12.8 Å². The van der Waals surface area contributed by atoms with Crippen LogP contribution in [0, 0.1) is 0 Å². The Kier molecular flexibility index (Phi) is 3.99. The predicted molar refractivity (Wildman–Crippen MR) is 89.4 cm³/mol. The first-order valence-electron chi connectivity index (χ1n) is 8.60. The highest BCUT2D eigenvalue weighted by molar-refractivity contribution is 5.81. The van der Waals surface area contributed by atoms with Crippen molar-refractivity contribution in [2.45, 2.75) is 37.6 Å². The third-order valence-corrected chi connectivity index (χ3v) is 4.99. The molecule has 1 spiro atoms. The molecule has 2 aliphatic heterocycles. The maximum absolute atomic E-state index is 12.4. The van der Waals surface area contributed by atoms with Crippen LogP contribution in [0.3, 0.4) is 0 Å². The van der Waals surface area contributed by atoms with Crippen LogP contribution in [-0.4, -0.2) is 45.5 Å². The van der Waals surface area contributed by atoms with Crippen LogP contribution < -0.4 is 5.32 Å². The van der Waals surface area contributed by atoms with Gasteiger partial charge in [0.2, 0.25) is 23.5 Å². The largest absolute Gasteiger partial charge is 0.349 e. The van der Waals surface area contributed by atoms with Crippen molar-refractivity contribution in [3.8, 4) is 11.4 Å². The minimum Gasteiger partial charge on any atom is -0.349 e. The minimum absolute atomic E-state index is 0.0671. The van der Waals surface area contributed by atoms with Crippen molar-refractivity contribution in [2.75, 3.05) is 13.1 Å². The summed E-state index contributed by atoms with van der Waals surface area (Å²) in [5, 5.41) is 7.01. The number of nitrogens with zero attached hydrogens (tertiary/aromatic N) is 3. The van der Waals surface area contributed by atoms with E-state index in [2.05, 4.69) is 15.5 Å². The monoisotopic (exact) mass is 340 g/mol. The van der Waals surface area contributed by atoms with Crippen LogP contribution in [0.4, 0.5) is 0 Å². The molecule has 2 saturated heterocycles. The molecule has 3 heterocycles. The summed E-state index contributed by atoms with van der Waals surface area (Å²) in [6.45, 7) is 1.30. The lowest BCUT2D eigenvalue weighted by atomic mass is 9.97. The summed E-state index contributed by atoms with van der Waals surface area (Å²) >= 11 is 0. The highest BCUT2D eigenvalue weighted by atomic mass is 16.5. The third-order valence-electron chi connectivity index (χ3n) is 4.99. The van der Waals surface area contributed by atoms with Gasteiger partial charge in [-0.2, -0.15) is 4.98 Å². The van der Waals surface area contributed by atoms with Crippen molar-refractivity contribution in [1.82, 2.24) is 20.4 Å². The van der Waals surface area contributed by atoms with Gasteiger partial charge in [-0.3, -0.25) is 9.59 Å². The van der Waals surface area contributed by atoms with E-state index in [1.54, 1.807) is 0 Å². The van der Waals surface area contributed by atoms with Gasteiger partial charge in [-0.1, -0.05) is 35.5 Å². The van der Waals surface area contributed by atoms with Crippen molar-refractivity contribution in [3.05, 3.63) is 36.2 Å². The van der Waals surface area contributed by atoms with E-state index >= 15 is 0 Å². The van der Waals surface area contributed by atoms with E-state index in [0.29, 0.717) is 44.1 Å². The van der Waals surface area contributed by atoms with Gasteiger partial charge in [0.15, 0.2) is 0 Å². The van der Waals surface area contributed by atoms with Crippen molar-refractivity contribution in [2.24, 2.45) is 0 Å². The van der Waals surface area contributed by atoms with Crippen LogP contribution in [-0.2, 0) is 16.0 Å². The lowest BCUT2D eigenvalue weighted by molar-refractivity contribution is -0.130. The molecule has 2 amide bonds. The fourth-order valence-electron chi connectivity index (χ4n) is 3.60. The number of aromatic nitrogens is 2. The summed E-state index contributed by atoms with van der Waals surface area (Å²) in [5.41, 5.74) is 0.694. The molecule has 1 N–H and O–H groups in total. The Morgan fingerprint density at radius 2 is 2.12 bits per heavy atom. The van der Waals surface area contributed by atoms with Gasteiger partial charge in [-0.15, -0.1) is 0 Å². The zero-order valence-corrected chi connectivity index (χ0v) is 13.9. The summed E-state index contributed by atoms with van der Waals surface area (Å²) < 4.78 is 5.25. The summed E-state index contributed by atoms with van der Waals surface area (Å²) in [4.78, 5) is 30.1. The molecule has 2 aliphatic rings. The summed E-state index contributed by atoms with van der Waals surface area (Å²) in [6.07, 6.45) is 2.98. The first-order chi connectivity index (χ1) is 12.1. The van der Waals surface area contributed by atoms with Gasteiger partial charge in [0, 0.05) is 37.9 Å². The smallest absolute Gasteiger partial charge is 0.227 e. The second kappa shape index (κ2) is 6.31. The topological polar surface area (TPSA) is 88.3 Å². The van der Waals surface area contributed by atoms with Crippen molar-refractivity contribution in [1.29, 1.82) is 0 Å². The number of carbonyl (C=O) groups excluding carboxylic acids is 2. The molecule has 0 aliphatic carbocycles. The van der Waals surface area contributed by atoms with Crippen LogP contribution in [0.1, 0.15) is 31.6 Å². The van der Waals surface area contributed by atoms with E-state index in [-0.39, 0.29) is 17.4 Å². The fourth-order valence-corrected chi connectivity index (χ4v) is 3.60. The van der Waals surface area contributed by atoms with Crippen molar-refractivity contribution in [3.63, 3.8) is 0 Å². The number of benzene rings is 1. The minimum atomic E-state index is -0.197. The van der Waals surface area contributed by atoms with Gasteiger partial charge in [0.1, 0.15) is 0 Å². The van der Waals surface area contributed by atoms with Crippen LogP contribution in [0.2, 0.25) is 0 Å². The molecule has 1 aromatic heterocycles. The fraction of sp³-hybridized carbons (Fsp3) is 0.444. The first kappa shape index (κ1) is 15.8. The molecule has 25 heavy (non-hydrogen) atoms. The standard InChI is InChI=1S/C18H20N4O3/c23-14-8-9-18(20-14)10-11-22(12-18)16(24)7-6-15-19-17(21-25-15)13-4-2-1-3-5-13/h1-5H,6-12H2,(H,20,23). The van der Waals surface area contributed by atoms with Crippen LogP contribution in [0.15, 0.2) is 34.9 Å². The molecular weight excluding hydrogens is 320 g/mol. The number of carbonyl (C=O) groups is 2. The Balaban J connectivity index is 1.32. The lowest BCUT2D eigenvalue weighted by Crippen LogP contribution is -2.44. The van der Waals surface area contributed by atoms with Gasteiger partial charge < -0.3 is 14.7 Å². The number of likely N-dealkylation sites (tertiary alicyclic amines) is 1. The maximum Gasteiger partial charge on any atom is 0.227 e. The lowest BCUT2D eigenvalue weighted by Gasteiger charge is -2.23. The highest BCUT2D eigenvalue weighted by Gasteiger charge is 2.44. The zero-order valence-electron chi connectivity index (χ0n) is 13.9. The van der Waals surface area contributed by atoms with E-state index in [4.69, 9.17) is 4.52 Å². The normalized spacial score (nSPS) is 22.6. The molecule has 0 bridgehead atoms. The van der Waals surface area contributed by atoms with Crippen LogP contribution in [0.5, 0.6) is 0 Å². The molecule has 7 nitrogen and oxygen atoms in total. The molecule has 2 fully saturated rings. The van der Waals surface area contributed by atoms with Crippen molar-refractivity contribution >= 4 is 11.8 Å². The Bertz CT molecular complexity index is 789. The number of amides is 2. The number of nitrogens with one attached hydrogen (secondary N) is 1. The second-order valence-electron chi connectivity index (χ2n) is 6.77. The molecule has 0 saturated carbocycles. The molecular formula is C18H20N4O3.